The second-order valence-corrected chi connectivity index (χ2v) is 7.19. The van der Waals surface area contributed by atoms with Crippen molar-refractivity contribution in [2.24, 2.45) is 5.41 Å². The summed E-state index contributed by atoms with van der Waals surface area (Å²) in [6.07, 6.45) is 5.98. The van der Waals surface area contributed by atoms with E-state index in [4.69, 9.17) is 10.00 Å². The monoisotopic (exact) mass is 319 g/mol. The summed E-state index contributed by atoms with van der Waals surface area (Å²) < 4.78 is 5.25. The van der Waals surface area contributed by atoms with Gasteiger partial charge in [0.1, 0.15) is 6.04 Å². The van der Waals surface area contributed by atoms with E-state index in [2.05, 4.69) is 11.4 Å². The van der Waals surface area contributed by atoms with Gasteiger partial charge in [-0.25, -0.2) is 0 Å². The maximum atomic E-state index is 12.4. The van der Waals surface area contributed by atoms with Gasteiger partial charge >= 0.3 is 5.97 Å². The van der Waals surface area contributed by atoms with Gasteiger partial charge in [0, 0.05) is 12.1 Å². The lowest BCUT2D eigenvalue weighted by Gasteiger charge is -2.29. The molecular formula is C17H25N3O3. The predicted molar refractivity (Wildman–Crippen MR) is 83.2 cm³/mol. The summed E-state index contributed by atoms with van der Waals surface area (Å²) >= 11 is 0. The van der Waals surface area contributed by atoms with Crippen LogP contribution in [0.2, 0.25) is 0 Å². The number of carbonyl (C=O) groups excluding carboxylic acids is 2. The van der Waals surface area contributed by atoms with Crippen LogP contribution in [-0.2, 0) is 14.3 Å². The van der Waals surface area contributed by atoms with E-state index in [9.17, 15) is 9.59 Å². The fraction of sp³-hybridized carbons (Fsp3) is 0.824. The highest BCUT2D eigenvalue weighted by molar-refractivity contribution is 5.80. The van der Waals surface area contributed by atoms with Crippen molar-refractivity contribution in [3.05, 3.63) is 0 Å². The first-order valence-electron chi connectivity index (χ1n) is 8.66. The Kier molecular flexibility index (Phi) is 4.33. The largest absolute Gasteiger partial charge is 0.466 e. The van der Waals surface area contributed by atoms with Crippen molar-refractivity contribution in [2.45, 2.75) is 63.5 Å². The molecule has 1 N–H and O–H groups in total. The second-order valence-electron chi connectivity index (χ2n) is 7.19. The molecule has 2 saturated carbocycles. The number of hydrogen-bond acceptors (Lipinski definition) is 5. The Morgan fingerprint density at radius 2 is 2.09 bits per heavy atom. The Bertz CT molecular complexity index is 532. The molecule has 3 rings (SSSR count). The molecule has 2 aliphatic carbocycles. The topological polar surface area (TPSA) is 82.4 Å². The van der Waals surface area contributed by atoms with Crippen molar-refractivity contribution < 1.29 is 14.3 Å². The molecule has 3 fully saturated rings. The number of likely N-dealkylation sites (tertiary alicyclic amines) is 1. The Balaban J connectivity index is 1.57. The van der Waals surface area contributed by atoms with Gasteiger partial charge < -0.3 is 15.0 Å². The molecule has 3 aliphatic rings. The van der Waals surface area contributed by atoms with E-state index in [1.54, 1.807) is 4.90 Å². The summed E-state index contributed by atoms with van der Waals surface area (Å²) in [5.74, 6) is -0.0689. The molecular weight excluding hydrogens is 294 g/mol. The number of nitrogens with one attached hydrogen (secondary N) is 1. The van der Waals surface area contributed by atoms with Gasteiger partial charge in [0.15, 0.2) is 0 Å². The maximum Gasteiger partial charge on any atom is 0.312 e. The van der Waals surface area contributed by atoms with E-state index in [-0.39, 0.29) is 35.4 Å². The van der Waals surface area contributed by atoms with Crippen LogP contribution in [-0.4, -0.2) is 48.1 Å². The van der Waals surface area contributed by atoms with Crippen LogP contribution in [0.5, 0.6) is 0 Å². The number of amides is 1. The summed E-state index contributed by atoms with van der Waals surface area (Å²) in [6, 6.07) is 1.93. The van der Waals surface area contributed by atoms with Crippen LogP contribution in [0.3, 0.4) is 0 Å². The second kappa shape index (κ2) is 6.12. The lowest BCUT2D eigenvalue weighted by atomic mass is 9.84. The van der Waals surface area contributed by atoms with Gasteiger partial charge in [-0.1, -0.05) is 0 Å². The summed E-state index contributed by atoms with van der Waals surface area (Å²) in [6.45, 7) is 3.20. The van der Waals surface area contributed by atoms with Crippen molar-refractivity contribution in [3.63, 3.8) is 0 Å². The van der Waals surface area contributed by atoms with Crippen LogP contribution in [0.15, 0.2) is 0 Å². The zero-order valence-corrected chi connectivity index (χ0v) is 13.8. The molecule has 23 heavy (non-hydrogen) atoms. The third-order valence-corrected chi connectivity index (χ3v) is 5.89. The predicted octanol–water partition coefficient (Wildman–Crippen LogP) is 1.36. The number of rotatable bonds is 5. The van der Waals surface area contributed by atoms with Crippen LogP contribution in [0, 0.1) is 16.7 Å². The molecule has 0 unspecified atom stereocenters. The third-order valence-electron chi connectivity index (χ3n) is 5.89. The minimum atomic E-state index is -0.338. The van der Waals surface area contributed by atoms with Crippen molar-refractivity contribution in [3.8, 4) is 6.07 Å². The lowest BCUT2D eigenvalue weighted by molar-refractivity contribution is -0.154. The quantitative estimate of drug-likeness (QED) is 0.774. The number of ether oxygens (including phenoxy) is 1. The highest BCUT2D eigenvalue weighted by Gasteiger charge is 2.58. The Labute approximate surface area is 137 Å². The number of carbonyl (C=O) groups is 2. The average Bonchev–Trinajstić information content (AvgIpc) is 3.26. The van der Waals surface area contributed by atoms with Crippen molar-refractivity contribution in [2.75, 3.05) is 19.7 Å². The van der Waals surface area contributed by atoms with Crippen molar-refractivity contribution in [1.82, 2.24) is 10.2 Å². The first kappa shape index (κ1) is 16.3. The molecule has 0 aromatic heterocycles. The highest BCUT2D eigenvalue weighted by atomic mass is 16.5. The van der Waals surface area contributed by atoms with E-state index in [1.807, 2.05) is 6.92 Å². The van der Waals surface area contributed by atoms with E-state index in [1.165, 1.54) is 0 Å². The SMILES string of the molecule is CCOC(=O)C12CCC(NCC(=O)N3CCC[C@H]3C#N)(CC1)C2. The summed E-state index contributed by atoms with van der Waals surface area (Å²) in [7, 11) is 0. The van der Waals surface area contributed by atoms with Gasteiger partial charge in [-0.05, 0) is 51.9 Å². The Morgan fingerprint density at radius 3 is 2.74 bits per heavy atom. The summed E-state index contributed by atoms with van der Waals surface area (Å²) in [5.41, 5.74) is -0.445. The average molecular weight is 319 g/mol. The van der Waals surface area contributed by atoms with E-state index in [0.717, 1.165) is 44.9 Å². The molecule has 0 spiro atoms. The first-order valence-corrected chi connectivity index (χ1v) is 8.66. The maximum absolute atomic E-state index is 12.4. The molecule has 126 valence electrons. The standard InChI is InChI=1S/C17H25N3O3/c1-2-23-15(22)16-5-7-17(12-16,8-6-16)19-11-14(21)20-9-3-4-13(20)10-18/h13,19H,2-9,11-12H2,1H3/t13-,16?,17?/m0/s1. The highest BCUT2D eigenvalue weighted by Crippen LogP contribution is 2.57. The van der Waals surface area contributed by atoms with E-state index >= 15 is 0 Å². The molecule has 6 nitrogen and oxygen atoms in total. The molecule has 1 saturated heterocycles. The van der Waals surface area contributed by atoms with Crippen LogP contribution >= 0.6 is 0 Å². The normalized spacial score (nSPS) is 35.3. The summed E-state index contributed by atoms with van der Waals surface area (Å²) in [5, 5.41) is 12.5. The van der Waals surface area contributed by atoms with Gasteiger partial charge in [0.05, 0.1) is 24.6 Å². The minimum Gasteiger partial charge on any atom is -0.466 e. The zero-order chi connectivity index (χ0) is 16.5. The van der Waals surface area contributed by atoms with Crippen molar-refractivity contribution in [1.29, 1.82) is 5.26 Å². The number of hydrogen-bond donors (Lipinski definition) is 1. The smallest absolute Gasteiger partial charge is 0.312 e. The van der Waals surface area contributed by atoms with Gasteiger partial charge in [0.25, 0.3) is 0 Å². The first-order chi connectivity index (χ1) is 11.0. The molecule has 6 heteroatoms. The van der Waals surface area contributed by atoms with Gasteiger partial charge in [-0.3, -0.25) is 9.59 Å². The lowest BCUT2D eigenvalue weighted by Crippen LogP contribution is -2.48. The zero-order valence-electron chi connectivity index (χ0n) is 13.8. The fourth-order valence-corrected chi connectivity index (χ4v) is 4.57. The van der Waals surface area contributed by atoms with Crippen LogP contribution in [0.4, 0.5) is 0 Å². The molecule has 0 radical (unpaired) electrons. The Morgan fingerprint density at radius 1 is 1.35 bits per heavy atom. The number of nitrogens with zero attached hydrogens (tertiary/aromatic N) is 2. The van der Waals surface area contributed by atoms with Crippen LogP contribution < -0.4 is 5.32 Å². The minimum absolute atomic E-state index is 0.00367. The van der Waals surface area contributed by atoms with Gasteiger partial charge in [0.2, 0.25) is 5.91 Å². The number of nitriles is 1. The Hall–Kier alpha value is -1.61. The molecule has 2 bridgehead atoms. The number of fused-ring (bicyclic) bond motifs is 2. The fourth-order valence-electron chi connectivity index (χ4n) is 4.57. The van der Waals surface area contributed by atoms with Crippen molar-refractivity contribution >= 4 is 11.9 Å². The molecule has 1 aliphatic heterocycles. The molecule has 0 aromatic rings. The summed E-state index contributed by atoms with van der Waals surface area (Å²) in [4.78, 5) is 26.3. The molecule has 0 aromatic carbocycles. The van der Waals surface area contributed by atoms with Crippen LogP contribution in [0.25, 0.3) is 0 Å². The third kappa shape index (κ3) is 2.83. The van der Waals surface area contributed by atoms with Gasteiger partial charge in [-0.2, -0.15) is 5.26 Å². The van der Waals surface area contributed by atoms with E-state index < -0.39 is 0 Å². The number of esters is 1. The molecule has 1 heterocycles. The van der Waals surface area contributed by atoms with Crippen LogP contribution in [0.1, 0.15) is 51.9 Å². The molecule has 1 atom stereocenters. The van der Waals surface area contributed by atoms with E-state index in [0.29, 0.717) is 13.2 Å². The molecule has 1 amide bonds. The van der Waals surface area contributed by atoms with Gasteiger partial charge in [-0.15, -0.1) is 0 Å².